The lowest BCUT2D eigenvalue weighted by Gasteiger charge is -2.33. The van der Waals surface area contributed by atoms with Crippen molar-refractivity contribution in [2.45, 2.75) is 39.7 Å². The van der Waals surface area contributed by atoms with Crippen LogP contribution in [0.2, 0.25) is 5.02 Å². The maximum Gasteiger partial charge on any atom is 0.127 e. The van der Waals surface area contributed by atoms with Crippen LogP contribution in [0.15, 0.2) is 18.2 Å². The predicted octanol–water partition coefficient (Wildman–Crippen LogP) is 4.05. The number of hydrogen-bond acceptors (Lipinski definition) is 1. The molecule has 17 heavy (non-hydrogen) atoms. The van der Waals surface area contributed by atoms with E-state index in [2.05, 4.69) is 26.1 Å². The SMILES string of the molecule is CCC(C)(C)C(Cc1ccc(Cl)cc1F)NC. The minimum Gasteiger partial charge on any atom is -0.316 e. The molecule has 0 aromatic heterocycles. The van der Waals surface area contributed by atoms with Gasteiger partial charge >= 0.3 is 0 Å². The Balaban J connectivity index is 2.88. The predicted molar refractivity (Wildman–Crippen MR) is 72.0 cm³/mol. The summed E-state index contributed by atoms with van der Waals surface area (Å²) < 4.78 is 13.7. The summed E-state index contributed by atoms with van der Waals surface area (Å²) in [5, 5.41) is 3.73. The minimum absolute atomic E-state index is 0.140. The molecular weight excluding hydrogens is 237 g/mol. The van der Waals surface area contributed by atoms with Crippen LogP contribution in [-0.4, -0.2) is 13.1 Å². The largest absolute Gasteiger partial charge is 0.316 e. The van der Waals surface area contributed by atoms with Crippen molar-refractivity contribution in [2.24, 2.45) is 5.41 Å². The molecule has 1 aromatic rings. The third kappa shape index (κ3) is 3.68. The molecule has 0 fully saturated rings. The zero-order valence-electron chi connectivity index (χ0n) is 11.0. The van der Waals surface area contributed by atoms with E-state index in [1.165, 1.54) is 6.07 Å². The molecule has 0 bridgehead atoms. The Morgan fingerprint density at radius 3 is 2.53 bits per heavy atom. The fourth-order valence-electron chi connectivity index (χ4n) is 1.92. The Morgan fingerprint density at radius 2 is 2.06 bits per heavy atom. The maximum atomic E-state index is 13.7. The van der Waals surface area contributed by atoms with E-state index in [1.54, 1.807) is 12.1 Å². The summed E-state index contributed by atoms with van der Waals surface area (Å²) >= 11 is 5.75. The van der Waals surface area contributed by atoms with Crippen molar-refractivity contribution < 1.29 is 4.39 Å². The molecule has 1 atom stereocenters. The quantitative estimate of drug-likeness (QED) is 0.839. The molecule has 1 unspecified atom stereocenters. The third-order valence-corrected chi connectivity index (χ3v) is 3.88. The van der Waals surface area contributed by atoms with Crippen LogP contribution >= 0.6 is 11.6 Å². The Bertz CT molecular complexity index is 376. The molecule has 0 aliphatic carbocycles. The van der Waals surface area contributed by atoms with Crippen LogP contribution in [0, 0.1) is 11.2 Å². The number of hydrogen-bond donors (Lipinski definition) is 1. The number of benzene rings is 1. The highest BCUT2D eigenvalue weighted by atomic mass is 35.5. The van der Waals surface area contributed by atoms with Crippen molar-refractivity contribution in [3.8, 4) is 0 Å². The van der Waals surface area contributed by atoms with Crippen molar-refractivity contribution in [3.05, 3.63) is 34.6 Å². The second kappa shape index (κ2) is 5.83. The monoisotopic (exact) mass is 257 g/mol. The summed E-state index contributed by atoms with van der Waals surface area (Å²) in [6.45, 7) is 6.55. The molecule has 1 rings (SSSR count). The smallest absolute Gasteiger partial charge is 0.127 e. The van der Waals surface area contributed by atoms with Gasteiger partial charge in [0.2, 0.25) is 0 Å². The fraction of sp³-hybridized carbons (Fsp3) is 0.571. The Morgan fingerprint density at radius 1 is 1.41 bits per heavy atom. The van der Waals surface area contributed by atoms with Crippen LogP contribution in [0.5, 0.6) is 0 Å². The molecule has 0 saturated heterocycles. The molecule has 0 heterocycles. The molecular formula is C14H21ClFN. The highest BCUT2D eigenvalue weighted by molar-refractivity contribution is 6.30. The standard InChI is InChI=1S/C14H21ClFN/c1-5-14(2,3)13(17-4)8-10-6-7-11(15)9-12(10)16/h6-7,9,13,17H,5,8H2,1-4H3. The van der Waals surface area contributed by atoms with E-state index in [0.29, 0.717) is 11.4 Å². The van der Waals surface area contributed by atoms with E-state index in [0.717, 1.165) is 12.0 Å². The molecule has 0 saturated carbocycles. The molecule has 1 aromatic carbocycles. The second-order valence-corrected chi connectivity index (χ2v) is 5.56. The second-order valence-electron chi connectivity index (χ2n) is 5.12. The molecule has 0 amide bonds. The van der Waals surface area contributed by atoms with Crippen LogP contribution in [-0.2, 0) is 6.42 Å². The zero-order valence-corrected chi connectivity index (χ0v) is 11.7. The summed E-state index contributed by atoms with van der Waals surface area (Å²) in [4.78, 5) is 0. The normalized spacial score (nSPS) is 13.8. The summed E-state index contributed by atoms with van der Waals surface area (Å²) in [5.41, 5.74) is 0.858. The topological polar surface area (TPSA) is 12.0 Å². The van der Waals surface area contributed by atoms with Gasteiger partial charge in [0.1, 0.15) is 5.82 Å². The van der Waals surface area contributed by atoms with Gasteiger partial charge in [-0.25, -0.2) is 4.39 Å². The molecule has 3 heteroatoms. The van der Waals surface area contributed by atoms with Crippen LogP contribution in [0.4, 0.5) is 4.39 Å². The minimum atomic E-state index is -0.218. The summed E-state index contributed by atoms with van der Waals surface area (Å²) in [5.74, 6) is -0.218. The van der Waals surface area contributed by atoms with E-state index in [4.69, 9.17) is 11.6 Å². The van der Waals surface area contributed by atoms with E-state index >= 15 is 0 Å². The van der Waals surface area contributed by atoms with Gasteiger partial charge in [-0.1, -0.05) is 38.4 Å². The van der Waals surface area contributed by atoms with Gasteiger partial charge in [0.15, 0.2) is 0 Å². The van der Waals surface area contributed by atoms with Gasteiger partial charge in [-0.05, 0) is 43.0 Å². The average molecular weight is 258 g/mol. The van der Waals surface area contributed by atoms with Gasteiger partial charge in [0.25, 0.3) is 0 Å². The summed E-state index contributed by atoms with van der Waals surface area (Å²) in [6, 6.07) is 5.14. The van der Waals surface area contributed by atoms with Crippen molar-refractivity contribution in [1.29, 1.82) is 0 Å². The maximum absolute atomic E-state index is 13.7. The molecule has 1 N–H and O–H groups in total. The lowest BCUT2D eigenvalue weighted by Crippen LogP contribution is -2.41. The summed E-state index contributed by atoms with van der Waals surface area (Å²) in [6.07, 6.45) is 1.73. The fourth-order valence-corrected chi connectivity index (χ4v) is 2.08. The number of likely N-dealkylation sites (N-methyl/N-ethyl adjacent to an activating group) is 1. The van der Waals surface area contributed by atoms with Gasteiger partial charge < -0.3 is 5.32 Å². The number of halogens is 2. The van der Waals surface area contributed by atoms with E-state index in [-0.39, 0.29) is 17.3 Å². The van der Waals surface area contributed by atoms with Crippen molar-refractivity contribution in [3.63, 3.8) is 0 Å². The Labute approximate surface area is 108 Å². The van der Waals surface area contributed by atoms with Gasteiger partial charge in [0.05, 0.1) is 0 Å². The lowest BCUT2D eigenvalue weighted by molar-refractivity contribution is 0.239. The van der Waals surface area contributed by atoms with Crippen LogP contribution in [0.1, 0.15) is 32.8 Å². The van der Waals surface area contributed by atoms with Gasteiger partial charge in [-0.3, -0.25) is 0 Å². The number of rotatable bonds is 5. The molecule has 0 radical (unpaired) electrons. The molecule has 1 nitrogen and oxygen atoms in total. The molecule has 0 aliphatic heterocycles. The molecule has 96 valence electrons. The zero-order chi connectivity index (χ0) is 13.1. The van der Waals surface area contributed by atoms with Crippen LogP contribution in [0.3, 0.4) is 0 Å². The lowest BCUT2D eigenvalue weighted by atomic mass is 9.79. The molecule has 0 aliphatic rings. The van der Waals surface area contributed by atoms with Crippen molar-refractivity contribution in [2.75, 3.05) is 7.05 Å². The Kier molecular flexibility index (Phi) is 4.96. The van der Waals surface area contributed by atoms with Gasteiger partial charge in [0, 0.05) is 11.1 Å². The average Bonchev–Trinajstić information content (AvgIpc) is 2.27. The highest BCUT2D eigenvalue weighted by Crippen LogP contribution is 2.28. The first-order valence-corrected chi connectivity index (χ1v) is 6.39. The number of nitrogens with one attached hydrogen (secondary N) is 1. The first kappa shape index (κ1) is 14.5. The Hall–Kier alpha value is -0.600. The summed E-state index contributed by atoms with van der Waals surface area (Å²) in [7, 11) is 1.93. The van der Waals surface area contributed by atoms with E-state index in [1.807, 2.05) is 7.05 Å². The van der Waals surface area contributed by atoms with Crippen LogP contribution in [0.25, 0.3) is 0 Å². The van der Waals surface area contributed by atoms with E-state index in [9.17, 15) is 4.39 Å². The van der Waals surface area contributed by atoms with Crippen molar-refractivity contribution in [1.82, 2.24) is 5.32 Å². The van der Waals surface area contributed by atoms with Gasteiger partial charge in [-0.2, -0.15) is 0 Å². The van der Waals surface area contributed by atoms with Crippen LogP contribution < -0.4 is 5.32 Å². The van der Waals surface area contributed by atoms with Crippen molar-refractivity contribution >= 4 is 11.6 Å². The molecule has 0 spiro atoms. The van der Waals surface area contributed by atoms with Gasteiger partial charge in [-0.15, -0.1) is 0 Å². The highest BCUT2D eigenvalue weighted by Gasteiger charge is 2.27. The first-order chi connectivity index (χ1) is 7.90. The third-order valence-electron chi connectivity index (χ3n) is 3.64. The first-order valence-electron chi connectivity index (χ1n) is 6.02. The van der Waals surface area contributed by atoms with E-state index < -0.39 is 0 Å².